The van der Waals surface area contributed by atoms with E-state index in [1.165, 1.54) is 17.7 Å². The number of nitrogen functional groups attached to an aromatic ring is 1. The van der Waals surface area contributed by atoms with Crippen LogP contribution in [0.4, 0.5) is 5.82 Å². The molecule has 0 saturated carbocycles. The first-order chi connectivity index (χ1) is 6.85. The van der Waals surface area contributed by atoms with E-state index in [2.05, 4.69) is 22.3 Å². The number of anilines is 1. The van der Waals surface area contributed by atoms with E-state index in [0.29, 0.717) is 0 Å². The Morgan fingerprint density at radius 3 is 2.93 bits per heavy atom. The molecule has 3 N–H and O–H groups in total. The van der Waals surface area contributed by atoms with Gasteiger partial charge in [0.2, 0.25) is 0 Å². The zero-order valence-corrected chi connectivity index (χ0v) is 8.51. The third-order valence-corrected chi connectivity index (χ3v) is 2.59. The van der Waals surface area contributed by atoms with Crippen molar-refractivity contribution < 1.29 is 0 Å². The van der Waals surface area contributed by atoms with Crippen LogP contribution in [0, 0.1) is 0 Å². The van der Waals surface area contributed by atoms with Crippen LogP contribution in [0.2, 0.25) is 0 Å². The SMILES string of the molecule is CCCc1nc2c(c(NN)n1)CCC2. The van der Waals surface area contributed by atoms with E-state index in [0.717, 1.165) is 37.3 Å². The molecule has 0 unspecified atom stereocenters. The third-order valence-electron chi connectivity index (χ3n) is 2.59. The van der Waals surface area contributed by atoms with Gasteiger partial charge >= 0.3 is 0 Å². The maximum Gasteiger partial charge on any atom is 0.147 e. The number of hydrazine groups is 1. The maximum absolute atomic E-state index is 5.45. The number of nitrogens with two attached hydrogens (primary N) is 1. The molecule has 1 heterocycles. The Hall–Kier alpha value is -1.16. The van der Waals surface area contributed by atoms with Crippen LogP contribution in [0.5, 0.6) is 0 Å². The van der Waals surface area contributed by atoms with Gasteiger partial charge in [-0.1, -0.05) is 6.92 Å². The molecule has 1 aliphatic rings. The highest BCUT2D eigenvalue weighted by molar-refractivity contribution is 5.47. The van der Waals surface area contributed by atoms with Gasteiger partial charge in [0.05, 0.1) is 0 Å². The largest absolute Gasteiger partial charge is 0.308 e. The van der Waals surface area contributed by atoms with Crippen LogP contribution in [0.1, 0.15) is 36.8 Å². The highest BCUT2D eigenvalue weighted by Crippen LogP contribution is 2.25. The zero-order chi connectivity index (χ0) is 9.97. The van der Waals surface area contributed by atoms with Gasteiger partial charge in [-0.2, -0.15) is 0 Å². The van der Waals surface area contributed by atoms with Gasteiger partial charge in [-0.3, -0.25) is 0 Å². The van der Waals surface area contributed by atoms with Gasteiger partial charge in [-0.15, -0.1) is 0 Å². The predicted octanol–water partition coefficient (Wildman–Crippen LogP) is 1.20. The summed E-state index contributed by atoms with van der Waals surface area (Å²) in [6, 6.07) is 0. The summed E-state index contributed by atoms with van der Waals surface area (Å²) in [5.41, 5.74) is 5.08. The molecule has 0 saturated heterocycles. The Morgan fingerprint density at radius 2 is 2.21 bits per heavy atom. The Bertz CT molecular complexity index is 335. The molecule has 76 valence electrons. The third kappa shape index (κ3) is 1.57. The molecule has 0 atom stereocenters. The van der Waals surface area contributed by atoms with Crippen molar-refractivity contribution in [1.29, 1.82) is 0 Å². The summed E-state index contributed by atoms with van der Waals surface area (Å²) in [5.74, 6) is 7.19. The number of rotatable bonds is 3. The van der Waals surface area contributed by atoms with Gasteiger partial charge in [0.15, 0.2) is 0 Å². The minimum atomic E-state index is 0.830. The second-order valence-corrected chi connectivity index (χ2v) is 3.66. The highest BCUT2D eigenvalue weighted by Gasteiger charge is 2.18. The first-order valence-electron chi connectivity index (χ1n) is 5.20. The van der Waals surface area contributed by atoms with Gasteiger partial charge in [0.1, 0.15) is 11.6 Å². The molecule has 1 aliphatic carbocycles. The summed E-state index contributed by atoms with van der Waals surface area (Å²) >= 11 is 0. The second-order valence-electron chi connectivity index (χ2n) is 3.66. The van der Waals surface area contributed by atoms with Crippen molar-refractivity contribution in [2.75, 3.05) is 5.43 Å². The van der Waals surface area contributed by atoms with Crippen molar-refractivity contribution in [2.45, 2.75) is 39.0 Å². The fraction of sp³-hybridized carbons (Fsp3) is 0.600. The molecular formula is C10H16N4. The van der Waals surface area contributed by atoms with Crippen molar-refractivity contribution in [2.24, 2.45) is 5.84 Å². The molecule has 4 heteroatoms. The first kappa shape index (κ1) is 9.40. The lowest BCUT2D eigenvalue weighted by molar-refractivity contribution is 0.815. The molecule has 0 bridgehead atoms. The van der Waals surface area contributed by atoms with Gasteiger partial charge < -0.3 is 5.43 Å². The van der Waals surface area contributed by atoms with Crippen LogP contribution in [-0.4, -0.2) is 9.97 Å². The van der Waals surface area contributed by atoms with Gasteiger partial charge in [-0.05, 0) is 25.7 Å². The lowest BCUT2D eigenvalue weighted by atomic mass is 10.2. The Labute approximate surface area is 83.9 Å². The number of fused-ring (bicyclic) bond motifs is 1. The fourth-order valence-corrected chi connectivity index (χ4v) is 1.94. The number of aromatic nitrogens is 2. The minimum Gasteiger partial charge on any atom is -0.308 e. The Kier molecular flexibility index (Phi) is 2.63. The molecule has 14 heavy (non-hydrogen) atoms. The molecular weight excluding hydrogens is 176 g/mol. The summed E-state index contributed by atoms with van der Waals surface area (Å²) in [7, 11) is 0. The summed E-state index contributed by atoms with van der Waals surface area (Å²) in [6.07, 6.45) is 5.31. The van der Waals surface area contributed by atoms with Crippen LogP contribution in [0.15, 0.2) is 0 Å². The monoisotopic (exact) mass is 192 g/mol. The van der Waals surface area contributed by atoms with Crippen LogP contribution in [0.3, 0.4) is 0 Å². The molecule has 1 aromatic rings. The summed E-state index contributed by atoms with van der Waals surface area (Å²) in [4.78, 5) is 8.95. The van der Waals surface area contributed by atoms with Gasteiger partial charge in [0, 0.05) is 17.7 Å². The molecule has 1 aromatic heterocycles. The summed E-state index contributed by atoms with van der Waals surface area (Å²) < 4.78 is 0. The van der Waals surface area contributed by atoms with E-state index >= 15 is 0 Å². The molecule has 0 radical (unpaired) electrons. The van der Waals surface area contributed by atoms with Gasteiger partial charge in [0.25, 0.3) is 0 Å². The molecule has 0 aliphatic heterocycles. The summed E-state index contributed by atoms with van der Waals surface area (Å²) in [5, 5.41) is 0. The average Bonchev–Trinajstić information content (AvgIpc) is 2.65. The van der Waals surface area contributed by atoms with E-state index in [9.17, 15) is 0 Å². The van der Waals surface area contributed by atoms with Crippen molar-refractivity contribution in [3.8, 4) is 0 Å². The fourth-order valence-electron chi connectivity index (χ4n) is 1.94. The van der Waals surface area contributed by atoms with Crippen LogP contribution in [-0.2, 0) is 19.3 Å². The number of nitrogens with zero attached hydrogens (tertiary/aromatic N) is 2. The second kappa shape index (κ2) is 3.92. The van der Waals surface area contributed by atoms with Crippen LogP contribution < -0.4 is 11.3 Å². The lowest BCUT2D eigenvalue weighted by Crippen LogP contribution is -2.13. The highest BCUT2D eigenvalue weighted by atomic mass is 15.3. The van der Waals surface area contributed by atoms with E-state index in [-0.39, 0.29) is 0 Å². The van der Waals surface area contributed by atoms with E-state index < -0.39 is 0 Å². The normalized spacial score (nSPS) is 14.1. The topological polar surface area (TPSA) is 63.8 Å². The van der Waals surface area contributed by atoms with Crippen molar-refractivity contribution in [1.82, 2.24) is 9.97 Å². The molecule has 0 spiro atoms. The van der Waals surface area contributed by atoms with E-state index in [1.54, 1.807) is 0 Å². The average molecular weight is 192 g/mol. The quantitative estimate of drug-likeness (QED) is 0.558. The Morgan fingerprint density at radius 1 is 1.36 bits per heavy atom. The van der Waals surface area contributed by atoms with Crippen molar-refractivity contribution >= 4 is 5.82 Å². The Balaban J connectivity index is 2.39. The molecule has 0 amide bonds. The number of hydrogen-bond acceptors (Lipinski definition) is 4. The smallest absolute Gasteiger partial charge is 0.147 e. The number of hydrogen-bond donors (Lipinski definition) is 2. The zero-order valence-electron chi connectivity index (χ0n) is 8.51. The standard InChI is InChI=1S/C10H16N4/c1-2-4-9-12-8-6-3-5-7(8)10(13-9)14-11/h2-6,11H2,1H3,(H,12,13,14). The molecule has 0 fully saturated rings. The van der Waals surface area contributed by atoms with E-state index in [4.69, 9.17) is 5.84 Å². The van der Waals surface area contributed by atoms with E-state index in [1.807, 2.05) is 0 Å². The predicted molar refractivity (Wildman–Crippen MR) is 55.9 cm³/mol. The molecule has 0 aromatic carbocycles. The van der Waals surface area contributed by atoms with Crippen LogP contribution in [0.25, 0.3) is 0 Å². The molecule has 4 nitrogen and oxygen atoms in total. The van der Waals surface area contributed by atoms with Crippen molar-refractivity contribution in [3.63, 3.8) is 0 Å². The molecule has 2 rings (SSSR count). The lowest BCUT2D eigenvalue weighted by Gasteiger charge is -2.08. The minimum absolute atomic E-state index is 0.830. The first-order valence-corrected chi connectivity index (χ1v) is 5.20. The number of aryl methyl sites for hydroxylation is 2. The summed E-state index contributed by atoms with van der Waals surface area (Å²) in [6.45, 7) is 2.13. The van der Waals surface area contributed by atoms with Gasteiger partial charge in [-0.25, -0.2) is 15.8 Å². The van der Waals surface area contributed by atoms with Crippen LogP contribution >= 0.6 is 0 Å². The maximum atomic E-state index is 5.45. The van der Waals surface area contributed by atoms with Crippen molar-refractivity contribution in [3.05, 3.63) is 17.1 Å². The number of nitrogens with one attached hydrogen (secondary N) is 1.